The van der Waals surface area contributed by atoms with Gasteiger partial charge in [-0.3, -0.25) is 0 Å². The standard InChI is InChI=1S/C58H60N2O2/c1-5-7-35-61-57-51(47-29-19-23-43-21-9-11-25-45(43)47)37-41(3)39-53(57)49-27-13-15-31-55(49)59-33-17-18-34-60-56-32-16-14-28-50(56)54-40-42(4)38-52(58(54)62-36-8-6-2)48-30-20-24-44-22-10-12-26-46(44)48/h9-16,19-32,37-40,59-60H,5-8,17-18,33-36H2,1-4H3. The molecule has 0 bridgehead atoms. The molecule has 0 atom stereocenters. The molecule has 0 saturated heterocycles. The zero-order chi connectivity index (χ0) is 42.7. The molecule has 2 N–H and O–H groups in total. The summed E-state index contributed by atoms with van der Waals surface area (Å²) in [5.41, 5.74) is 13.9. The van der Waals surface area contributed by atoms with Crippen LogP contribution in [0.2, 0.25) is 0 Å². The third-order valence-corrected chi connectivity index (χ3v) is 11.8. The normalized spacial score (nSPS) is 11.2. The Bertz CT molecular complexity index is 2570. The third kappa shape index (κ3) is 9.51. The molecule has 62 heavy (non-hydrogen) atoms. The molecule has 314 valence electrons. The molecule has 4 heteroatoms. The summed E-state index contributed by atoms with van der Waals surface area (Å²) in [5, 5.41) is 12.6. The zero-order valence-corrected chi connectivity index (χ0v) is 36.9. The Labute approximate surface area is 369 Å². The topological polar surface area (TPSA) is 42.5 Å². The van der Waals surface area contributed by atoms with Crippen LogP contribution >= 0.6 is 0 Å². The minimum atomic E-state index is 0.679. The largest absolute Gasteiger partial charge is 0.492 e. The second-order valence-electron chi connectivity index (χ2n) is 16.5. The van der Waals surface area contributed by atoms with E-state index in [2.05, 4.69) is 196 Å². The zero-order valence-electron chi connectivity index (χ0n) is 36.9. The molecule has 0 aromatic heterocycles. The Morgan fingerprint density at radius 1 is 0.371 bits per heavy atom. The van der Waals surface area contributed by atoms with Crippen molar-refractivity contribution >= 4 is 32.9 Å². The molecule has 0 unspecified atom stereocenters. The maximum absolute atomic E-state index is 6.76. The van der Waals surface area contributed by atoms with Crippen LogP contribution < -0.4 is 20.1 Å². The van der Waals surface area contributed by atoms with E-state index in [0.29, 0.717) is 13.2 Å². The highest BCUT2D eigenvalue weighted by Crippen LogP contribution is 2.46. The number of benzene rings is 8. The quantitative estimate of drug-likeness (QED) is 0.0798. The number of ether oxygens (including phenoxy) is 2. The predicted octanol–water partition coefficient (Wildman–Crippen LogP) is 15.9. The smallest absolute Gasteiger partial charge is 0.135 e. The molecule has 0 aliphatic carbocycles. The average Bonchev–Trinajstić information content (AvgIpc) is 3.30. The van der Waals surface area contributed by atoms with Gasteiger partial charge in [0.2, 0.25) is 0 Å². The van der Waals surface area contributed by atoms with E-state index in [1.807, 2.05) is 0 Å². The summed E-state index contributed by atoms with van der Waals surface area (Å²) in [6.45, 7) is 11.9. The molecule has 0 fully saturated rings. The number of rotatable bonds is 19. The van der Waals surface area contributed by atoms with Gasteiger partial charge in [0.05, 0.1) is 13.2 Å². The van der Waals surface area contributed by atoms with E-state index in [9.17, 15) is 0 Å². The number of unbranched alkanes of at least 4 members (excludes halogenated alkanes) is 3. The fourth-order valence-corrected chi connectivity index (χ4v) is 8.66. The fraction of sp³-hybridized carbons (Fsp3) is 0.241. The summed E-state index contributed by atoms with van der Waals surface area (Å²) in [5.74, 6) is 1.91. The van der Waals surface area contributed by atoms with Crippen molar-refractivity contribution < 1.29 is 9.47 Å². The van der Waals surface area contributed by atoms with Gasteiger partial charge in [0, 0.05) is 57.8 Å². The Balaban J connectivity index is 1.01. The number of hydrogen-bond donors (Lipinski definition) is 2. The fourth-order valence-electron chi connectivity index (χ4n) is 8.66. The van der Waals surface area contributed by atoms with Crippen molar-refractivity contribution in [3.8, 4) is 56.0 Å². The molecular weight excluding hydrogens is 757 g/mol. The van der Waals surface area contributed by atoms with Crippen LogP contribution in [0.3, 0.4) is 0 Å². The van der Waals surface area contributed by atoms with Crippen molar-refractivity contribution in [3.05, 3.63) is 169 Å². The van der Waals surface area contributed by atoms with E-state index < -0.39 is 0 Å². The summed E-state index contributed by atoms with van der Waals surface area (Å²) >= 11 is 0. The monoisotopic (exact) mass is 816 g/mol. The Morgan fingerprint density at radius 3 is 1.16 bits per heavy atom. The van der Waals surface area contributed by atoms with Crippen LogP contribution in [0.1, 0.15) is 63.5 Å². The lowest BCUT2D eigenvalue weighted by Gasteiger charge is -2.21. The highest BCUT2D eigenvalue weighted by molar-refractivity contribution is 6.02. The first-order chi connectivity index (χ1) is 30.5. The van der Waals surface area contributed by atoms with Crippen LogP contribution in [0.25, 0.3) is 66.1 Å². The van der Waals surface area contributed by atoms with Gasteiger partial charge in [0.25, 0.3) is 0 Å². The van der Waals surface area contributed by atoms with Crippen molar-refractivity contribution in [2.45, 2.75) is 66.2 Å². The van der Waals surface area contributed by atoms with Crippen LogP contribution in [0.15, 0.2) is 158 Å². The highest BCUT2D eigenvalue weighted by Gasteiger charge is 2.20. The van der Waals surface area contributed by atoms with E-state index in [4.69, 9.17) is 9.47 Å². The first kappa shape index (κ1) is 42.2. The minimum Gasteiger partial charge on any atom is -0.492 e. The lowest BCUT2D eigenvalue weighted by molar-refractivity contribution is 0.311. The minimum absolute atomic E-state index is 0.679. The number of hydrogen-bond acceptors (Lipinski definition) is 4. The van der Waals surface area contributed by atoms with Crippen LogP contribution in [0, 0.1) is 13.8 Å². The highest BCUT2D eigenvalue weighted by atomic mass is 16.5. The van der Waals surface area contributed by atoms with Gasteiger partial charge in [-0.1, -0.05) is 148 Å². The summed E-state index contributed by atoms with van der Waals surface area (Å²) in [7, 11) is 0. The molecule has 0 aliphatic rings. The first-order valence-corrected chi connectivity index (χ1v) is 22.7. The van der Waals surface area contributed by atoms with Gasteiger partial charge in [0.15, 0.2) is 0 Å². The lowest BCUT2D eigenvalue weighted by Crippen LogP contribution is -2.08. The van der Waals surface area contributed by atoms with Crippen LogP contribution in [0.5, 0.6) is 11.5 Å². The maximum atomic E-state index is 6.76. The van der Waals surface area contributed by atoms with Crippen molar-refractivity contribution in [1.82, 2.24) is 0 Å². The van der Waals surface area contributed by atoms with Crippen LogP contribution in [-0.2, 0) is 0 Å². The summed E-state index contributed by atoms with van der Waals surface area (Å²) in [6, 6.07) is 57.0. The molecule has 0 spiro atoms. The van der Waals surface area contributed by atoms with Gasteiger partial charge >= 0.3 is 0 Å². The van der Waals surface area contributed by atoms with E-state index in [-0.39, 0.29) is 0 Å². The van der Waals surface area contributed by atoms with E-state index >= 15 is 0 Å². The Kier molecular flexibility index (Phi) is 13.9. The summed E-state index contributed by atoms with van der Waals surface area (Å²) in [6.07, 6.45) is 6.20. The number of fused-ring (bicyclic) bond motifs is 2. The summed E-state index contributed by atoms with van der Waals surface area (Å²) < 4.78 is 13.5. The summed E-state index contributed by atoms with van der Waals surface area (Å²) in [4.78, 5) is 0. The molecule has 8 rings (SSSR count). The first-order valence-electron chi connectivity index (χ1n) is 22.7. The number of anilines is 2. The molecule has 0 amide bonds. The Hall–Kier alpha value is -6.52. The molecule has 0 aliphatic heterocycles. The van der Waals surface area contributed by atoms with Crippen molar-refractivity contribution in [2.75, 3.05) is 36.9 Å². The molecule has 4 nitrogen and oxygen atoms in total. The maximum Gasteiger partial charge on any atom is 0.135 e. The SMILES string of the molecule is CCCCOc1c(-c2ccccc2NCCCCNc2ccccc2-c2cc(C)cc(-c3cccc4ccccc34)c2OCCCC)cc(C)cc1-c1cccc2ccccc12. The van der Waals surface area contributed by atoms with Crippen molar-refractivity contribution in [3.63, 3.8) is 0 Å². The van der Waals surface area contributed by atoms with Crippen LogP contribution in [-0.4, -0.2) is 26.3 Å². The molecule has 8 aromatic rings. The van der Waals surface area contributed by atoms with Crippen molar-refractivity contribution in [1.29, 1.82) is 0 Å². The van der Waals surface area contributed by atoms with E-state index in [1.54, 1.807) is 0 Å². The molecule has 0 radical (unpaired) electrons. The lowest BCUT2D eigenvalue weighted by atomic mass is 9.91. The van der Waals surface area contributed by atoms with Crippen LogP contribution in [0.4, 0.5) is 11.4 Å². The van der Waals surface area contributed by atoms with Gasteiger partial charge in [-0.2, -0.15) is 0 Å². The van der Waals surface area contributed by atoms with Gasteiger partial charge in [-0.05, 0) is 120 Å². The number of aryl methyl sites for hydroxylation is 2. The second kappa shape index (κ2) is 20.4. The van der Waals surface area contributed by atoms with Gasteiger partial charge in [-0.25, -0.2) is 0 Å². The molecule has 8 aromatic carbocycles. The van der Waals surface area contributed by atoms with Gasteiger partial charge in [0.1, 0.15) is 11.5 Å². The molecule has 0 heterocycles. The van der Waals surface area contributed by atoms with Crippen molar-refractivity contribution in [2.24, 2.45) is 0 Å². The average molecular weight is 817 g/mol. The molecular formula is C58H60N2O2. The predicted molar refractivity (Wildman–Crippen MR) is 266 cm³/mol. The number of nitrogens with one attached hydrogen (secondary N) is 2. The van der Waals surface area contributed by atoms with E-state index in [1.165, 1.54) is 43.8 Å². The Morgan fingerprint density at radius 2 is 0.726 bits per heavy atom. The third-order valence-electron chi connectivity index (χ3n) is 11.8. The van der Waals surface area contributed by atoms with Gasteiger partial charge in [-0.15, -0.1) is 0 Å². The molecule has 0 saturated carbocycles. The van der Waals surface area contributed by atoms with E-state index in [0.717, 1.165) is 108 Å². The second-order valence-corrected chi connectivity index (χ2v) is 16.5. The van der Waals surface area contributed by atoms with Gasteiger partial charge < -0.3 is 20.1 Å². The number of para-hydroxylation sites is 2.